The number of hydrogen-bond donors (Lipinski definition) is 0. The molecule has 3 rings (SSSR count). The minimum atomic E-state index is -1.97. The maximum Gasteiger partial charge on any atom is 0.338 e. The molecule has 0 saturated heterocycles. The van der Waals surface area contributed by atoms with Gasteiger partial charge < -0.3 is 9.16 Å². The lowest BCUT2D eigenvalue weighted by molar-refractivity contribution is -0.137. The summed E-state index contributed by atoms with van der Waals surface area (Å²) in [5.74, 6) is -0.903. The van der Waals surface area contributed by atoms with Crippen LogP contribution in [0.15, 0.2) is 55.1 Å². The maximum absolute atomic E-state index is 15.1. The molecular formula is C26H33FO3Si. The van der Waals surface area contributed by atoms with Crippen molar-refractivity contribution in [1.29, 1.82) is 0 Å². The molecule has 31 heavy (non-hydrogen) atoms. The Balaban J connectivity index is 1.69. The van der Waals surface area contributed by atoms with Gasteiger partial charge in [-0.2, -0.15) is 0 Å². The molecule has 0 atom stereocenters. The molecular weight excluding hydrogens is 407 g/mol. The zero-order valence-electron chi connectivity index (χ0n) is 19.3. The molecule has 1 aliphatic rings. The van der Waals surface area contributed by atoms with Crippen LogP contribution in [0.2, 0.25) is 19.1 Å². The molecule has 0 unspecified atom stereocenters. The summed E-state index contributed by atoms with van der Waals surface area (Å²) in [5, 5.41) is 0. The summed E-state index contributed by atoms with van der Waals surface area (Å²) in [5.41, 5.74) is 1.69. The highest BCUT2D eigenvalue weighted by Crippen LogP contribution is 2.53. The Morgan fingerprint density at radius 3 is 2.32 bits per heavy atom. The van der Waals surface area contributed by atoms with Crippen molar-refractivity contribution in [3.05, 3.63) is 77.6 Å². The first kappa shape index (κ1) is 23.4. The number of carbonyl (C=O) groups excluding carboxylic acids is 1. The minimum Gasteiger partial charge on any atom is -0.457 e. The van der Waals surface area contributed by atoms with Crippen molar-refractivity contribution in [2.24, 2.45) is 5.41 Å². The molecule has 1 saturated carbocycles. The summed E-state index contributed by atoms with van der Waals surface area (Å²) in [6, 6.07) is 15.3. The zero-order chi connectivity index (χ0) is 22.9. The van der Waals surface area contributed by atoms with Crippen LogP contribution in [0.3, 0.4) is 0 Å². The SMILES string of the molecule is C=C(C(=O)OCc1ccccc1)c1ccc(C2(O[Si](C)(C)CC(C)(C)C)CC2)c(F)c1. The number of esters is 1. The summed E-state index contributed by atoms with van der Waals surface area (Å²) in [6.07, 6.45) is 1.65. The first-order chi connectivity index (χ1) is 14.4. The molecule has 1 fully saturated rings. The number of halogens is 1. The third-order valence-corrected chi connectivity index (χ3v) is 8.25. The molecule has 1 aliphatic carbocycles. The van der Waals surface area contributed by atoms with E-state index in [-0.39, 0.29) is 23.4 Å². The van der Waals surface area contributed by atoms with Crippen molar-refractivity contribution in [3.8, 4) is 0 Å². The summed E-state index contributed by atoms with van der Waals surface area (Å²) in [4.78, 5) is 12.4. The van der Waals surface area contributed by atoms with Crippen molar-refractivity contribution in [2.75, 3.05) is 0 Å². The van der Waals surface area contributed by atoms with Crippen LogP contribution >= 0.6 is 0 Å². The Labute approximate surface area is 186 Å². The van der Waals surface area contributed by atoms with E-state index in [0.29, 0.717) is 11.1 Å². The predicted molar refractivity (Wildman–Crippen MR) is 125 cm³/mol. The molecule has 0 aromatic heterocycles. The van der Waals surface area contributed by atoms with Crippen molar-refractivity contribution in [2.45, 2.75) is 65.0 Å². The molecule has 2 aromatic carbocycles. The smallest absolute Gasteiger partial charge is 0.338 e. The Morgan fingerprint density at radius 1 is 1.13 bits per heavy atom. The van der Waals surface area contributed by atoms with E-state index in [9.17, 15) is 4.79 Å². The highest BCUT2D eigenvalue weighted by molar-refractivity contribution is 6.71. The van der Waals surface area contributed by atoms with Gasteiger partial charge in [-0.15, -0.1) is 0 Å². The van der Waals surface area contributed by atoms with Crippen LogP contribution in [0.4, 0.5) is 4.39 Å². The quantitative estimate of drug-likeness (QED) is 0.256. The van der Waals surface area contributed by atoms with Crippen LogP contribution in [-0.4, -0.2) is 14.3 Å². The van der Waals surface area contributed by atoms with Crippen LogP contribution in [0.5, 0.6) is 0 Å². The molecule has 0 bridgehead atoms. The van der Waals surface area contributed by atoms with Crippen molar-refractivity contribution in [1.82, 2.24) is 0 Å². The maximum atomic E-state index is 15.1. The second-order valence-electron chi connectivity index (χ2n) is 10.3. The second-order valence-corrected chi connectivity index (χ2v) is 14.4. The van der Waals surface area contributed by atoms with Crippen LogP contribution in [0.25, 0.3) is 5.57 Å². The number of benzene rings is 2. The van der Waals surface area contributed by atoms with Gasteiger partial charge in [0.1, 0.15) is 12.4 Å². The fourth-order valence-corrected chi connectivity index (χ4v) is 8.38. The average Bonchev–Trinajstić information content (AvgIpc) is 3.43. The summed E-state index contributed by atoms with van der Waals surface area (Å²) < 4.78 is 27.0. The van der Waals surface area contributed by atoms with Crippen LogP contribution < -0.4 is 0 Å². The second kappa shape index (κ2) is 8.71. The molecule has 0 N–H and O–H groups in total. The van der Waals surface area contributed by atoms with Gasteiger partial charge in [0.05, 0.1) is 11.2 Å². The third-order valence-electron chi connectivity index (χ3n) is 5.40. The molecule has 166 valence electrons. The van der Waals surface area contributed by atoms with Crippen molar-refractivity contribution in [3.63, 3.8) is 0 Å². The minimum absolute atomic E-state index is 0.148. The topological polar surface area (TPSA) is 35.5 Å². The Bertz CT molecular complexity index is 956. The van der Waals surface area contributed by atoms with E-state index < -0.39 is 19.9 Å². The van der Waals surface area contributed by atoms with Crippen LogP contribution in [0.1, 0.15) is 50.3 Å². The van der Waals surface area contributed by atoms with Gasteiger partial charge in [0.15, 0.2) is 8.32 Å². The van der Waals surface area contributed by atoms with E-state index in [1.807, 2.05) is 30.3 Å². The summed E-state index contributed by atoms with van der Waals surface area (Å²) in [6.45, 7) is 15.0. The van der Waals surface area contributed by atoms with Gasteiger partial charge in [0, 0.05) is 5.56 Å². The molecule has 0 heterocycles. The van der Waals surface area contributed by atoms with E-state index in [1.54, 1.807) is 12.1 Å². The van der Waals surface area contributed by atoms with E-state index in [4.69, 9.17) is 9.16 Å². The van der Waals surface area contributed by atoms with E-state index >= 15 is 4.39 Å². The molecule has 0 radical (unpaired) electrons. The van der Waals surface area contributed by atoms with E-state index in [0.717, 1.165) is 24.4 Å². The molecule has 5 heteroatoms. The first-order valence-electron chi connectivity index (χ1n) is 10.8. The number of rotatable bonds is 8. The fourth-order valence-electron chi connectivity index (χ4n) is 4.38. The van der Waals surface area contributed by atoms with Crippen LogP contribution in [0, 0.1) is 11.2 Å². The number of ether oxygens (including phenoxy) is 1. The largest absolute Gasteiger partial charge is 0.457 e. The molecule has 3 nitrogen and oxygen atoms in total. The van der Waals surface area contributed by atoms with Crippen LogP contribution in [-0.2, 0) is 26.2 Å². The van der Waals surface area contributed by atoms with Crippen molar-refractivity contribution < 1.29 is 18.3 Å². The van der Waals surface area contributed by atoms with Gasteiger partial charge in [-0.05, 0) is 54.6 Å². The molecule has 0 amide bonds. The van der Waals surface area contributed by atoms with Gasteiger partial charge in [-0.1, -0.05) is 69.8 Å². The van der Waals surface area contributed by atoms with Gasteiger partial charge in [-0.3, -0.25) is 0 Å². The Kier molecular flexibility index (Phi) is 6.58. The lowest BCUT2D eigenvalue weighted by Crippen LogP contribution is -2.39. The van der Waals surface area contributed by atoms with Crippen molar-refractivity contribution >= 4 is 19.9 Å². The Morgan fingerprint density at radius 2 is 1.77 bits per heavy atom. The first-order valence-corrected chi connectivity index (χ1v) is 13.9. The molecule has 2 aromatic rings. The van der Waals surface area contributed by atoms with E-state index in [2.05, 4.69) is 40.4 Å². The Hall–Kier alpha value is -2.24. The lowest BCUT2D eigenvalue weighted by atomic mass is 10.0. The molecule has 0 aliphatic heterocycles. The average molecular weight is 441 g/mol. The van der Waals surface area contributed by atoms with Gasteiger partial charge >= 0.3 is 5.97 Å². The lowest BCUT2D eigenvalue weighted by Gasteiger charge is -2.34. The highest BCUT2D eigenvalue weighted by Gasteiger charge is 2.51. The summed E-state index contributed by atoms with van der Waals surface area (Å²) >= 11 is 0. The third kappa shape index (κ3) is 6.14. The standard InChI is InChI=1S/C26H33FO3Si/c1-19(24(28)29-17-20-10-8-7-9-11-20)21-12-13-22(23(27)16-21)26(14-15-26)30-31(5,6)18-25(2,3)4/h7-13,16H,1,14-15,17-18H2,2-6H3. The monoisotopic (exact) mass is 440 g/mol. The van der Waals surface area contributed by atoms with Gasteiger partial charge in [-0.25, -0.2) is 9.18 Å². The zero-order valence-corrected chi connectivity index (χ0v) is 20.3. The van der Waals surface area contributed by atoms with Gasteiger partial charge in [0.2, 0.25) is 0 Å². The number of carbonyl (C=O) groups is 1. The molecule has 0 spiro atoms. The summed E-state index contributed by atoms with van der Waals surface area (Å²) in [7, 11) is -1.97. The van der Waals surface area contributed by atoms with Gasteiger partial charge in [0.25, 0.3) is 0 Å². The predicted octanol–water partition coefficient (Wildman–Crippen LogP) is 6.84. The fraction of sp³-hybridized carbons (Fsp3) is 0.423. The van der Waals surface area contributed by atoms with E-state index in [1.165, 1.54) is 6.07 Å². The highest BCUT2D eigenvalue weighted by atomic mass is 28.4. The normalized spacial score (nSPS) is 15.4. The number of hydrogen-bond acceptors (Lipinski definition) is 3.